The van der Waals surface area contributed by atoms with Crippen molar-refractivity contribution in [1.29, 1.82) is 0 Å². The van der Waals surface area contributed by atoms with Gasteiger partial charge in [0.15, 0.2) is 5.95 Å². The van der Waals surface area contributed by atoms with Crippen LogP contribution in [-0.4, -0.2) is 20.5 Å². The van der Waals surface area contributed by atoms with Gasteiger partial charge in [0.1, 0.15) is 5.65 Å². The first-order valence-corrected chi connectivity index (χ1v) is 4.51. The molecule has 2 rings (SSSR count). The van der Waals surface area contributed by atoms with Crippen molar-refractivity contribution in [2.45, 2.75) is 12.8 Å². The van der Waals surface area contributed by atoms with Crippen LogP contribution in [0.1, 0.15) is 12.1 Å². The van der Waals surface area contributed by atoms with Gasteiger partial charge in [-0.3, -0.25) is 9.20 Å². The molecule has 2 aromatic rings. The van der Waals surface area contributed by atoms with E-state index >= 15 is 0 Å². The zero-order valence-electron chi connectivity index (χ0n) is 7.85. The first kappa shape index (κ1) is 9.64. The Hall–Kier alpha value is -1.91. The van der Waals surface area contributed by atoms with Crippen LogP contribution in [0.2, 0.25) is 0 Å². The Bertz CT molecular complexity index is 507. The minimum Gasteiger partial charge on any atom is -0.481 e. The number of pyridine rings is 1. The van der Waals surface area contributed by atoms with Gasteiger partial charge in [-0.1, -0.05) is 6.07 Å². The molecule has 15 heavy (non-hydrogen) atoms. The average molecular weight is 208 g/mol. The van der Waals surface area contributed by atoms with E-state index in [-0.39, 0.29) is 6.42 Å². The fourth-order valence-corrected chi connectivity index (χ4v) is 1.38. The van der Waals surface area contributed by atoms with E-state index < -0.39 is 11.9 Å². The first-order valence-electron chi connectivity index (χ1n) is 4.51. The van der Waals surface area contributed by atoms with Gasteiger partial charge >= 0.3 is 5.97 Å². The summed E-state index contributed by atoms with van der Waals surface area (Å²) in [5.74, 6) is -1.28. The zero-order valence-corrected chi connectivity index (χ0v) is 7.85. The molecule has 5 heteroatoms. The Kier molecular flexibility index (Phi) is 2.37. The molecular formula is C10H9FN2O2. The molecule has 0 radical (unpaired) electrons. The molecule has 1 N–H and O–H groups in total. The van der Waals surface area contributed by atoms with Crippen LogP contribution >= 0.6 is 0 Å². The molecule has 2 heterocycles. The summed E-state index contributed by atoms with van der Waals surface area (Å²) in [6, 6.07) is 4.57. The van der Waals surface area contributed by atoms with Gasteiger partial charge in [0, 0.05) is 12.6 Å². The van der Waals surface area contributed by atoms with Crippen molar-refractivity contribution in [1.82, 2.24) is 9.38 Å². The molecule has 0 unspecified atom stereocenters. The predicted octanol–water partition coefficient (Wildman–Crippen LogP) is 1.49. The maximum Gasteiger partial charge on any atom is 0.303 e. The number of carboxylic acid groups (broad SMARTS) is 1. The quantitative estimate of drug-likeness (QED) is 0.777. The number of fused-ring (bicyclic) bond motifs is 1. The second-order valence-corrected chi connectivity index (χ2v) is 3.20. The largest absolute Gasteiger partial charge is 0.481 e. The molecule has 0 amide bonds. The number of aliphatic carboxylic acids is 1. The van der Waals surface area contributed by atoms with Crippen molar-refractivity contribution in [3.8, 4) is 0 Å². The van der Waals surface area contributed by atoms with Crippen molar-refractivity contribution in [2.24, 2.45) is 0 Å². The lowest BCUT2D eigenvalue weighted by Gasteiger charge is -1.92. The van der Waals surface area contributed by atoms with Crippen LogP contribution in [0.25, 0.3) is 5.65 Å². The van der Waals surface area contributed by atoms with E-state index in [0.717, 1.165) is 0 Å². The second kappa shape index (κ2) is 3.68. The molecule has 0 atom stereocenters. The zero-order chi connectivity index (χ0) is 10.8. The summed E-state index contributed by atoms with van der Waals surface area (Å²) in [6.45, 7) is 0. The van der Waals surface area contributed by atoms with E-state index in [4.69, 9.17) is 5.11 Å². The number of carbonyl (C=O) groups is 1. The molecular weight excluding hydrogens is 199 g/mol. The molecule has 0 aliphatic rings. The summed E-state index contributed by atoms with van der Waals surface area (Å²) in [5.41, 5.74) is 1.08. The van der Waals surface area contributed by atoms with Crippen LogP contribution in [0.4, 0.5) is 4.39 Å². The molecule has 0 fully saturated rings. The average Bonchev–Trinajstić information content (AvgIpc) is 2.59. The van der Waals surface area contributed by atoms with Crippen LogP contribution in [0, 0.1) is 5.95 Å². The van der Waals surface area contributed by atoms with E-state index in [2.05, 4.69) is 4.98 Å². The van der Waals surface area contributed by atoms with Gasteiger partial charge in [-0.05, 0) is 12.1 Å². The third-order valence-corrected chi connectivity index (χ3v) is 2.09. The highest BCUT2D eigenvalue weighted by Crippen LogP contribution is 2.09. The van der Waals surface area contributed by atoms with Gasteiger partial charge in [0.25, 0.3) is 0 Å². The monoisotopic (exact) mass is 208 g/mol. The number of nitrogens with zero attached hydrogens (tertiary/aromatic N) is 2. The van der Waals surface area contributed by atoms with Gasteiger partial charge < -0.3 is 5.11 Å². The van der Waals surface area contributed by atoms with Crippen LogP contribution in [0.15, 0.2) is 24.4 Å². The van der Waals surface area contributed by atoms with Crippen molar-refractivity contribution in [3.05, 3.63) is 36.0 Å². The number of hydrogen-bond donors (Lipinski definition) is 1. The number of rotatable bonds is 3. The Balaban J connectivity index is 2.31. The van der Waals surface area contributed by atoms with Crippen molar-refractivity contribution in [3.63, 3.8) is 0 Å². The highest BCUT2D eigenvalue weighted by atomic mass is 19.1. The Morgan fingerprint density at radius 2 is 2.33 bits per heavy atom. The smallest absolute Gasteiger partial charge is 0.303 e. The molecule has 0 aliphatic heterocycles. The summed E-state index contributed by atoms with van der Waals surface area (Å²) in [7, 11) is 0. The molecule has 0 saturated heterocycles. The third kappa shape index (κ3) is 1.96. The number of imidazole rings is 1. The standard InChI is InChI=1S/C10H9FN2O2/c11-8-2-1-3-9-12-7(6-13(8)9)4-5-10(14)15/h1-3,6H,4-5H2,(H,14,15). The van der Waals surface area contributed by atoms with E-state index in [1.165, 1.54) is 16.7 Å². The lowest BCUT2D eigenvalue weighted by molar-refractivity contribution is -0.136. The van der Waals surface area contributed by atoms with Crippen molar-refractivity contribution < 1.29 is 14.3 Å². The number of aromatic nitrogens is 2. The van der Waals surface area contributed by atoms with Gasteiger partial charge in [-0.15, -0.1) is 0 Å². The number of halogens is 1. The van der Waals surface area contributed by atoms with E-state index in [9.17, 15) is 9.18 Å². The summed E-state index contributed by atoms with van der Waals surface area (Å²) in [5, 5.41) is 8.50. The maximum absolute atomic E-state index is 13.2. The molecule has 4 nitrogen and oxygen atoms in total. The van der Waals surface area contributed by atoms with E-state index in [1.807, 2.05) is 0 Å². The SMILES string of the molecule is O=C(O)CCc1cn2c(F)cccc2n1. The molecule has 2 aromatic heterocycles. The Morgan fingerprint density at radius 3 is 3.00 bits per heavy atom. The number of aryl methyl sites for hydroxylation is 1. The van der Waals surface area contributed by atoms with Crippen LogP contribution in [0.3, 0.4) is 0 Å². The fraction of sp³-hybridized carbons (Fsp3) is 0.200. The van der Waals surface area contributed by atoms with Crippen LogP contribution in [-0.2, 0) is 11.2 Å². The van der Waals surface area contributed by atoms with Crippen molar-refractivity contribution in [2.75, 3.05) is 0 Å². The van der Waals surface area contributed by atoms with Gasteiger partial charge in [0.2, 0.25) is 0 Å². The van der Waals surface area contributed by atoms with E-state index in [0.29, 0.717) is 17.8 Å². The van der Waals surface area contributed by atoms with Gasteiger partial charge in [0.05, 0.1) is 12.1 Å². The summed E-state index contributed by atoms with van der Waals surface area (Å²) >= 11 is 0. The van der Waals surface area contributed by atoms with Crippen LogP contribution in [0.5, 0.6) is 0 Å². The highest BCUT2D eigenvalue weighted by Gasteiger charge is 2.06. The fourth-order valence-electron chi connectivity index (χ4n) is 1.38. The summed E-state index contributed by atoms with van der Waals surface area (Å²) in [6.07, 6.45) is 1.84. The summed E-state index contributed by atoms with van der Waals surface area (Å²) in [4.78, 5) is 14.5. The van der Waals surface area contributed by atoms with Gasteiger partial charge in [-0.2, -0.15) is 4.39 Å². The third-order valence-electron chi connectivity index (χ3n) is 2.09. The van der Waals surface area contributed by atoms with Crippen LogP contribution < -0.4 is 0 Å². The number of carboxylic acids is 1. The maximum atomic E-state index is 13.2. The highest BCUT2D eigenvalue weighted by molar-refractivity contribution is 5.67. The molecule has 0 spiro atoms. The molecule has 78 valence electrons. The Morgan fingerprint density at radius 1 is 1.53 bits per heavy atom. The minimum atomic E-state index is -0.882. The normalized spacial score (nSPS) is 10.7. The summed E-state index contributed by atoms with van der Waals surface area (Å²) < 4.78 is 14.5. The molecule has 0 aliphatic carbocycles. The minimum absolute atomic E-state index is 0.00546. The number of hydrogen-bond acceptors (Lipinski definition) is 2. The lowest BCUT2D eigenvalue weighted by atomic mass is 10.2. The van der Waals surface area contributed by atoms with Gasteiger partial charge in [-0.25, -0.2) is 4.98 Å². The molecule has 0 aromatic carbocycles. The second-order valence-electron chi connectivity index (χ2n) is 3.20. The molecule has 0 saturated carbocycles. The predicted molar refractivity (Wildman–Crippen MR) is 51.1 cm³/mol. The lowest BCUT2D eigenvalue weighted by Crippen LogP contribution is -1.97. The molecule has 0 bridgehead atoms. The first-order chi connectivity index (χ1) is 7.16. The van der Waals surface area contributed by atoms with Crippen molar-refractivity contribution >= 4 is 11.6 Å². The Labute approximate surface area is 85.0 Å². The van der Waals surface area contributed by atoms with E-state index in [1.54, 1.807) is 12.1 Å². The topological polar surface area (TPSA) is 54.6 Å².